The summed E-state index contributed by atoms with van der Waals surface area (Å²) >= 11 is 0. The van der Waals surface area contributed by atoms with Crippen molar-refractivity contribution in [3.05, 3.63) is 17.6 Å². The van der Waals surface area contributed by atoms with Crippen molar-refractivity contribution in [3.8, 4) is 0 Å². The van der Waals surface area contributed by atoms with Crippen LogP contribution in [0.25, 0.3) is 6.08 Å². The molecule has 0 radical (unpaired) electrons. The van der Waals surface area contributed by atoms with Crippen LogP contribution in [0.2, 0.25) is 0 Å². The molecule has 3 rings (SSSR count). The molecule has 1 aromatic heterocycles. The van der Waals surface area contributed by atoms with Gasteiger partial charge in [-0.25, -0.2) is 4.39 Å². The Balaban J connectivity index is 1.55. The van der Waals surface area contributed by atoms with Crippen molar-refractivity contribution >= 4 is 13.2 Å². The van der Waals surface area contributed by atoms with Crippen molar-refractivity contribution in [3.63, 3.8) is 0 Å². The average Bonchev–Trinajstić information content (AvgIpc) is 2.98. The summed E-state index contributed by atoms with van der Waals surface area (Å²) in [5, 5.41) is 8.17. The summed E-state index contributed by atoms with van der Waals surface area (Å²) in [5.41, 5.74) is -1.13. The standard InChI is InChI=1S/C18H30BFN4O2/c1-13(2)8-23-9-14(10-23)11-24-12-15(21-22-24)7-16(20)19-25-17(3,4)18(5,6)26-19/h7,12-14H,8-11H2,1-6H3. The lowest BCUT2D eigenvalue weighted by atomic mass is 9.87. The summed E-state index contributed by atoms with van der Waals surface area (Å²) < 4.78 is 27.7. The molecule has 2 saturated heterocycles. The van der Waals surface area contributed by atoms with Crippen LogP contribution >= 0.6 is 0 Å². The number of hydrogen-bond acceptors (Lipinski definition) is 5. The van der Waals surface area contributed by atoms with Crippen LogP contribution in [0.4, 0.5) is 4.39 Å². The Morgan fingerprint density at radius 1 is 1.31 bits per heavy atom. The SMILES string of the molecule is CC(C)CN1CC(Cn2cc(C=C(F)B3OC(C)(C)C(C)(C)O3)nn2)C1. The van der Waals surface area contributed by atoms with Crippen molar-refractivity contribution < 1.29 is 13.7 Å². The van der Waals surface area contributed by atoms with Crippen LogP contribution in [0.3, 0.4) is 0 Å². The van der Waals surface area contributed by atoms with Crippen LogP contribution in [-0.4, -0.2) is 57.8 Å². The van der Waals surface area contributed by atoms with Crippen molar-refractivity contribution in [1.82, 2.24) is 19.9 Å². The van der Waals surface area contributed by atoms with Gasteiger partial charge in [-0.05, 0) is 39.7 Å². The van der Waals surface area contributed by atoms with E-state index in [9.17, 15) is 4.39 Å². The topological polar surface area (TPSA) is 52.4 Å². The molecule has 0 N–H and O–H groups in total. The molecule has 144 valence electrons. The van der Waals surface area contributed by atoms with Crippen LogP contribution in [0.5, 0.6) is 0 Å². The van der Waals surface area contributed by atoms with Gasteiger partial charge in [0.15, 0.2) is 0 Å². The highest BCUT2D eigenvalue weighted by Gasteiger charge is 2.53. The van der Waals surface area contributed by atoms with Crippen molar-refractivity contribution in [2.45, 2.75) is 59.3 Å². The van der Waals surface area contributed by atoms with Crippen molar-refractivity contribution in [1.29, 1.82) is 0 Å². The maximum Gasteiger partial charge on any atom is 0.525 e. The summed E-state index contributed by atoms with van der Waals surface area (Å²) in [4.78, 5) is 2.45. The first-order valence-electron chi connectivity index (χ1n) is 9.41. The molecule has 2 aliphatic heterocycles. The molecule has 2 fully saturated rings. The Bertz CT molecular complexity index is 652. The normalized spacial score (nSPS) is 23.7. The van der Waals surface area contributed by atoms with E-state index in [0.717, 1.165) is 26.2 Å². The van der Waals surface area contributed by atoms with Crippen molar-refractivity contribution in [2.24, 2.45) is 11.8 Å². The van der Waals surface area contributed by atoms with Gasteiger partial charge in [-0.15, -0.1) is 5.10 Å². The Morgan fingerprint density at radius 3 is 2.50 bits per heavy atom. The number of halogens is 1. The lowest BCUT2D eigenvalue weighted by molar-refractivity contribution is 0.00578. The highest BCUT2D eigenvalue weighted by molar-refractivity contribution is 6.54. The van der Waals surface area contributed by atoms with E-state index in [0.29, 0.717) is 17.5 Å². The van der Waals surface area contributed by atoms with Gasteiger partial charge < -0.3 is 14.2 Å². The summed E-state index contributed by atoms with van der Waals surface area (Å²) in [7, 11) is -0.999. The Labute approximate surface area is 155 Å². The molecule has 6 nitrogen and oxygen atoms in total. The van der Waals surface area contributed by atoms with Gasteiger partial charge in [-0.3, -0.25) is 4.68 Å². The van der Waals surface area contributed by atoms with Gasteiger partial charge >= 0.3 is 7.12 Å². The van der Waals surface area contributed by atoms with Gasteiger partial charge in [0.25, 0.3) is 0 Å². The second kappa shape index (κ2) is 7.05. The molecule has 0 aliphatic carbocycles. The molecule has 0 amide bonds. The molecule has 0 unspecified atom stereocenters. The van der Waals surface area contributed by atoms with E-state index in [-0.39, 0.29) is 0 Å². The minimum Gasteiger partial charge on any atom is -0.398 e. The Hall–Kier alpha value is -1.25. The van der Waals surface area contributed by atoms with Gasteiger partial charge in [0.1, 0.15) is 11.4 Å². The van der Waals surface area contributed by atoms with Crippen LogP contribution in [0, 0.1) is 11.8 Å². The smallest absolute Gasteiger partial charge is 0.398 e. The van der Waals surface area contributed by atoms with E-state index in [1.54, 1.807) is 10.9 Å². The molecule has 0 bridgehead atoms. The summed E-state index contributed by atoms with van der Waals surface area (Å²) in [6, 6.07) is 0. The number of likely N-dealkylation sites (tertiary alicyclic amines) is 1. The highest BCUT2D eigenvalue weighted by Crippen LogP contribution is 2.39. The Kier molecular flexibility index (Phi) is 5.30. The van der Waals surface area contributed by atoms with Crippen LogP contribution < -0.4 is 0 Å². The molecule has 0 saturated carbocycles. The predicted octanol–water partition coefficient (Wildman–Crippen LogP) is 2.81. The molecule has 0 aromatic carbocycles. The quantitative estimate of drug-likeness (QED) is 0.727. The van der Waals surface area contributed by atoms with Gasteiger partial charge in [-0.1, -0.05) is 19.1 Å². The molecule has 8 heteroatoms. The number of nitrogens with zero attached hydrogens (tertiary/aromatic N) is 4. The lowest BCUT2D eigenvalue weighted by Crippen LogP contribution is -2.49. The lowest BCUT2D eigenvalue weighted by Gasteiger charge is -2.40. The average molecular weight is 364 g/mol. The third-order valence-corrected chi connectivity index (χ3v) is 5.42. The summed E-state index contributed by atoms with van der Waals surface area (Å²) in [5.74, 6) is 1.28. The first kappa shape index (κ1) is 19.5. The van der Waals surface area contributed by atoms with Gasteiger partial charge in [0.2, 0.25) is 0 Å². The van der Waals surface area contributed by atoms with E-state index in [1.165, 1.54) is 6.08 Å². The zero-order chi connectivity index (χ0) is 19.1. The van der Waals surface area contributed by atoms with Gasteiger partial charge in [0, 0.05) is 32.1 Å². The number of hydrogen-bond donors (Lipinski definition) is 0. The zero-order valence-electron chi connectivity index (χ0n) is 16.7. The van der Waals surface area contributed by atoms with E-state index in [2.05, 4.69) is 29.1 Å². The fraction of sp³-hybridized carbons (Fsp3) is 0.778. The number of rotatable bonds is 6. The highest BCUT2D eigenvalue weighted by atomic mass is 19.1. The molecule has 2 aliphatic rings. The van der Waals surface area contributed by atoms with E-state index < -0.39 is 24.0 Å². The molecule has 3 heterocycles. The monoisotopic (exact) mass is 364 g/mol. The first-order valence-corrected chi connectivity index (χ1v) is 9.41. The fourth-order valence-electron chi connectivity index (χ4n) is 3.36. The zero-order valence-corrected chi connectivity index (χ0v) is 16.7. The third-order valence-electron chi connectivity index (χ3n) is 5.42. The van der Waals surface area contributed by atoms with E-state index in [1.807, 2.05) is 27.7 Å². The van der Waals surface area contributed by atoms with Crippen LogP contribution in [-0.2, 0) is 15.9 Å². The molecule has 0 atom stereocenters. The summed E-state index contributed by atoms with van der Waals surface area (Å²) in [6.45, 7) is 16.2. The molecule has 1 aromatic rings. The first-order chi connectivity index (χ1) is 12.1. The fourth-order valence-corrected chi connectivity index (χ4v) is 3.36. The molecular weight excluding hydrogens is 334 g/mol. The summed E-state index contributed by atoms with van der Waals surface area (Å²) in [6.07, 6.45) is 3.12. The van der Waals surface area contributed by atoms with E-state index >= 15 is 0 Å². The van der Waals surface area contributed by atoms with Crippen molar-refractivity contribution in [2.75, 3.05) is 19.6 Å². The van der Waals surface area contributed by atoms with Crippen LogP contribution in [0.15, 0.2) is 11.9 Å². The minimum atomic E-state index is -0.999. The molecule has 26 heavy (non-hydrogen) atoms. The Morgan fingerprint density at radius 2 is 1.92 bits per heavy atom. The largest absolute Gasteiger partial charge is 0.525 e. The van der Waals surface area contributed by atoms with Gasteiger partial charge in [-0.2, -0.15) is 0 Å². The molecule has 0 spiro atoms. The maximum atomic E-state index is 14.5. The maximum absolute atomic E-state index is 14.5. The third kappa shape index (κ3) is 4.18. The van der Waals surface area contributed by atoms with E-state index in [4.69, 9.17) is 9.31 Å². The number of aromatic nitrogens is 3. The molecular formula is C18H30BFN4O2. The van der Waals surface area contributed by atoms with Gasteiger partial charge in [0.05, 0.1) is 17.4 Å². The second-order valence-electron chi connectivity index (χ2n) is 8.96. The second-order valence-corrected chi connectivity index (χ2v) is 8.96. The predicted molar refractivity (Wildman–Crippen MR) is 100.0 cm³/mol. The minimum absolute atomic E-state index is 0.482. The van der Waals surface area contributed by atoms with Crippen LogP contribution in [0.1, 0.15) is 47.2 Å².